The fraction of sp³-hybridized carbons (Fsp3) is 0.417. The van der Waals surface area contributed by atoms with Crippen LogP contribution in [0.5, 0.6) is 0 Å². The second kappa shape index (κ2) is 4.51. The molecule has 1 atom stereocenters. The van der Waals surface area contributed by atoms with Crippen LogP contribution in [-0.2, 0) is 9.53 Å². The number of hydrogen-bond acceptors (Lipinski definition) is 3. The van der Waals surface area contributed by atoms with Crippen molar-refractivity contribution in [3.05, 3.63) is 29.6 Å². The van der Waals surface area contributed by atoms with E-state index in [2.05, 4.69) is 10.1 Å². The number of carbonyl (C=O) groups is 1. The number of carbonyl (C=O) groups excluding carboxylic acids is 1. The molecular weight excluding hydrogens is 247 g/mol. The summed E-state index contributed by atoms with van der Waals surface area (Å²) in [7, 11) is 0. The van der Waals surface area contributed by atoms with Crippen LogP contribution < -0.4 is 5.32 Å². The van der Waals surface area contributed by atoms with E-state index in [1.807, 2.05) is 0 Å². The van der Waals surface area contributed by atoms with Gasteiger partial charge in [-0.2, -0.15) is 8.78 Å². The van der Waals surface area contributed by atoms with E-state index in [0.717, 1.165) is 5.56 Å². The molecule has 18 heavy (non-hydrogen) atoms. The highest BCUT2D eigenvalue weighted by atomic mass is 19.3. The van der Waals surface area contributed by atoms with Crippen molar-refractivity contribution in [1.29, 1.82) is 0 Å². The number of esters is 1. The van der Waals surface area contributed by atoms with Gasteiger partial charge in [-0.1, -0.05) is 6.07 Å². The summed E-state index contributed by atoms with van der Waals surface area (Å²) in [4.78, 5) is 10.8. The third-order valence-corrected chi connectivity index (χ3v) is 2.78. The zero-order valence-corrected chi connectivity index (χ0v) is 9.67. The zero-order valence-electron chi connectivity index (χ0n) is 9.67. The summed E-state index contributed by atoms with van der Waals surface area (Å²) in [6.07, 6.45) is -1.54. The van der Waals surface area contributed by atoms with Crippen molar-refractivity contribution < 1.29 is 22.7 Å². The topological polar surface area (TPSA) is 38.3 Å². The van der Waals surface area contributed by atoms with Crippen molar-refractivity contribution in [2.24, 2.45) is 0 Å². The fourth-order valence-corrected chi connectivity index (χ4v) is 1.77. The summed E-state index contributed by atoms with van der Waals surface area (Å²) in [5, 5.41) is 2.80. The molecule has 0 saturated carbocycles. The summed E-state index contributed by atoms with van der Waals surface area (Å²) in [5.74, 6) is -5.33. The Morgan fingerprint density at radius 1 is 1.50 bits per heavy atom. The Balaban J connectivity index is 1.97. The van der Waals surface area contributed by atoms with E-state index < -0.39 is 30.2 Å². The van der Waals surface area contributed by atoms with E-state index in [-0.39, 0.29) is 6.54 Å². The largest absolute Gasteiger partial charge is 0.456 e. The molecule has 0 aliphatic carbocycles. The number of aryl methyl sites for hydroxylation is 1. The predicted molar refractivity (Wildman–Crippen MR) is 59.1 cm³/mol. The second-order valence-electron chi connectivity index (χ2n) is 4.28. The van der Waals surface area contributed by atoms with Crippen molar-refractivity contribution in [1.82, 2.24) is 0 Å². The molecular formula is C12H12F3NO2. The van der Waals surface area contributed by atoms with Gasteiger partial charge >= 0.3 is 11.9 Å². The van der Waals surface area contributed by atoms with Crippen LogP contribution in [0, 0.1) is 12.7 Å². The smallest absolute Gasteiger partial charge is 0.377 e. The summed E-state index contributed by atoms with van der Waals surface area (Å²) in [6.45, 7) is 1.79. The molecule has 2 rings (SSSR count). The predicted octanol–water partition coefficient (Wildman–Crippen LogP) is 2.50. The van der Waals surface area contributed by atoms with Gasteiger partial charge in [0.2, 0.25) is 0 Å². The maximum Gasteiger partial charge on any atom is 0.377 e. The number of hydrogen-bond donors (Lipinski definition) is 1. The molecule has 1 heterocycles. The SMILES string of the molecule is Cc1ccc(F)cc1NCC1CC(F)(F)C(=O)O1. The standard InChI is InChI=1S/C12H12F3NO2/c1-7-2-3-8(13)4-10(7)16-6-9-5-12(14,15)11(17)18-9/h2-4,9,16H,5-6H2,1H3. The molecule has 0 bridgehead atoms. The van der Waals surface area contributed by atoms with E-state index in [4.69, 9.17) is 0 Å². The Morgan fingerprint density at radius 2 is 2.22 bits per heavy atom. The van der Waals surface area contributed by atoms with Crippen molar-refractivity contribution in [2.75, 3.05) is 11.9 Å². The Bertz CT molecular complexity index is 476. The van der Waals surface area contributed by atoms with Crippen molar-refractivity contribution >= 4 is 11.7 Å². The van der Waals surface area contributed by atoms with E-state index in [1.54, 1.807) is 13.0 Å². The molecule has 1 saturated heterocycles. The molecule has 1 aromatic carbocycles. The maximum absolute atomic E-state index is 13.0. The van der Waals surface area contributed by atoms with E-state index in [1.165, 1.54) is 12.1 Å². The number of anilines is 1. The van der Waals surface area contributed by atoms with Crippen molar-refractivity contribution in [3.63, 3.8) is 0 Å². The third kappa shape index (κ3) is 2.57. The molecule has 0 amide bonds. The van der Waals surface area contributed by atoms with Gasteiger partial charge in [-0.15, -0.1) is 0 Å². The number of ether oxygens (including phenoxy) is 1. The van der Waals surface area contributed by atoms with Crippen molar-refractivity contribution in [3.8, 4) is 0 Å². The highest BCUT2D eigenvalue weighted by Gasteiger charge is 2.50. The van der Waals surface area contributed by atoms with Crippen LogP contribution in [0.1, 0.15) is 12.0 Å². The molecule has 1 N–H and O–H groups in total. The minimum Gasteiger partial charge on any atom is -0.456 e. The van der Waals surface area contributed by atoms with E-state index >= 15 is 0 Å². The quantitative estimate of drug-likeness (QED) is 0.847. The van der Waals surface area contributed by atoms with Crippen LogP contribution in [0.3, 0.4) is 0 Å². The van der Waals surface area contributed by atoms with Gasteiger partial charge in [0.05, 0.1) is 13.0 Å². The van der Waals surface area contributed by atoms with Crippen LogP contribution in [-0.4, -0.2) is 24.5 Å². The first-order valence-electron chi connectivity index (χ1n) is 5.47. The Kier molecular flexibility index (Phi) is 3.19. The number of benzene rings is 1. The lowest BCUT2D eigenvalue weighted by Gasteiger charge is -2.13. The van der Waals surface area contributed by atoms with Crippen LogP contribution in [0.15, 0.2) is 18.2 Å². The van der Waals surface area contributed by atoms with Crippen LogP contribution in [0.2, 0.25) is 0 Å². The monoisotopic (exact) mass is 259 g/mol. The lowest BCUT2D eigenvalue weighted by atomic mass is 10.1. The Morgan fingerprint density at radius 3 is 2.83 bits per heavy atom. The van der Waals surface area contributed by atoms with Crippen LogP contribution in [0.25, 0.3) is 0 Å². The average molecular weight is 259 g/mol. The molecule has 0 radical (unpaired) electrons. The first-order valence-corrected chi connectivity index (χ1v) is 5.47. The Hall–Kier alpha value is -1.72. The molecule has 1 aromatic rings. The molecule has 0 spiro atoms. The number of alkyl halides is 2. The van der Waals surface area contributed by atoms with Gasteiger partial charge < -0.3 is 10.1 Å². The van der Waals surface area contributed by atoms with Crippen LogP contribution >= 0.6 is 0 Å². The first kappa shape index (κ1) is 12.7. The molecule has 1 aliphatic rings. The minimum atomic E-state index is -3.41. The number of nitrogens with one attached hydrogen (secondary N) is 1. The number of cyclic esters (lactones) is 1. The number of rotatable bonds is 3. The number of halogens is 3. The highest BCUT2D eigenvalue weighted by molar-refractivity contribution is 5.79. The van der Waals surface area contributed by atoms with E-state index in [9.17, 15) is 18.0 Å². The molecule has 3 nitrogen and oxygen atoms in total. The average Bonchev–Trinajstić information content (AvgIpc) is 2.54. The van der Waals surface area contributed by atoms with Gasteiger partial charge in [0.15, 0.2) is 0 Å². The lowest BCUT2D eigenvalue weighted by Crippen LogP contribution is -2.22. The minimum absolute atomic E-state index is 0.0334. The maximum atomic E-state index is 13.0. The van der Waals surface area contributed by atoms with E-state index in [0.29, 0.717) is 5.69 Å². The third-order valence-electron chi connectivity index (χ3n) is 2.78. The summed E-state index contributed by atoms with van der Waals surface area (Å²) < 4.78 is 43.3. The van der Waals surface area contributed by atoms with Gasteiger partial charge in [-0.05, 0) is 24.6 Å². The summed E-state index contributed by atoms with van der Waals surface area (Å²) in [5.41, 5.74) is 1.29. The molecule has 1 fully saturated rings. The second-order valence-corrected chi connectivity index (χ2v) is 4.28. The first-order chi connectivity index (χ1) is 8.38. The van der Waals surface area contributed by atoms with Gasteiger partial charge in [-0.3, -0.25) is 0 Å². The molecule has 6 heteroatoms. The van der Waals surface area contributed by atoms with Gasteiger partial charge in [0.25, 0.3) is 0 Å². The van der Waals surface area contributed by atoms with Gasteiger partial charge in [-0.25, -0.2) is 9.18 Å². The molecule has 98 valence electrons. The van der Waals surface area contributed by atoms with Crippen molar-refractivity contribution in [2.45, 2.75) is 25.4 Å². The summed E-state index contributed by atoms with van der Waals surface area (Å²) in [6, 6.07) is 4.15. The lowest BCUT2D eigenvalue weighted by molar-refractivity contribution is -0.158. The van der Waals surface area contributed by atoms with Gasteiger partial charge in [0.1, 0.15) is 11.9 Å². The highest BCUT2D eigenvalue weighted by Crippen LogP contribution is 2.31. The normalized spacial score (nSPS) is 21.8. The molecule has 1 unspecified atom stereocenters. The summed E-state index contributed by atoms with van der Waals surface area (Å²) >= 11 is 0. The van der Waals surface area contributed by atoms with Gasteiger partial charge in [0, 0.05) is 5.69 Å². The van der Waals surface area contributed by atoms with Crippen LogP contribution in [0.4, 0.5) is 18.9 Å². The molecule has 0 aromatic heterocycles. The fourth-order valence-electron chi connectivity index (χ4n) is 1.77. The Labute approximate surface area is 102 Å². The molecule has 1 aliphatic heterocycles. The zero-order chi connectivity index (χ0) is 13.3.